The van der Waals surface area contributed by atoms with Crippen LogP contribution in [0.15, 0.2) is 11.8 Å². The Kier molecular flexibility index (Phi) is 6.06. The van der Waals surface area contributed by atoms with Gasteiger partial charge in [0.25, 0.3) is 0 Å². The first-order valence-electron chi connectivity index (χ1n) is 10.6. The molecule has 1 fully saturated rings. The number of rotatable bonds is 4. The van der Waals surface area contributed by atoms with Crippen molar-refractivity contribution < 1.29 is 23.8 Å². The third-order valence-electron chi connectivity index (χ3n) is 6.13. The van der Waals surface area contributed by atoms with Crippen LogP contribution in [-0.4, -0.2) is 24.3 Å². The molecule has 0 atom stereocenters. The average Bonchev–Trinajstić information content (AvgIpc) is 2.90. The quantitative estimate of drug-likeness (QED) is 0.607. The van der Waals surface area contributed by atoms with Gasteiger partial charge in [0.2, 0.25) is 0 Å². The van der Waals surface area contributed by atoms with Crippen LogP contribution in [0.2, 0.25) is 0 Å². The van der Waals surface area contributed by atoms with E-state index in [1.165, 1.54) is 0 Å². The van der Waals surface area contributed by atoms with Crippen LogP contribution in [0, 0.1) is 33.6 Å². The van der Waals surface area contributed by atoms with Crippen LogP contribution in [-0.2, 0) is 19.0 Å². The Bertz CT molecular complexity index is 830. The maximum atomic E-state index is 13.1. The number of carbonyl (C=O) groups excluding carboxylic acids is 2. The molecule has 1 aromatic carbocycles. The highest BCUT2D eigenvalue weighted by molar-refractivity contribution is 6.21. The molecular formula is C24H32O5. The maximum absolute atomic E-state index is 13.1. The molecule has 1 heterocycles. The second-order valence-corrected chi connectivity index (χ2v) is 8.84. The molecule has 1 spiro atoms. The summed E-state index contributed by atoms with van der Waals surface area (Å²) < 4.78 is 17.0. The summed E-state index contributed by atoms with van der Waals surface area (Å²) in [5.74, 6) is 0.131. The highest BCUT2D eigenvalue weighted by Gasteiger charge is 2.52. The smallest absolute Gasteiger partial charge is 0.447 e. The van der Waals surface area contributed by atoms with E-state index in [2.05, 4.69) is 6.07 Å². The van der Waals surface area contributed by atoms with E-state index in [0.717, 1.165) is 47.1 Å². The van der Waals surface area contributed by atoms with Gasteiger partial charge >= 0.3 is 12.1 Å². The van der Waals surface area contributed by atoms with Crippen molar-refractivity contribution in [3.8, 4) is 0 Å². The average molecular weight is 401 g/mol. The fraction of sp³-hybridized carbons (Fsp3) is 0.583. The van der Waals surface area contributed by atoms with Crippen LogP contribution < -0.4 is 0 Å². The van der Waals surface area contributed by atoms with Gasteiger partial charge in [-0.1, -0.05) is 26.3 Å². The van der Waals surface area contributed by atoms with E-state index >= 15 is 0 Å². The largest absolute Gasteiger partial charge is 0.513 e. The van der Waals surface area contributed by atoms with E-state index in [0.29, 0.717) is 24.2 Å². The van der Waals surface area contributed by atoms with Crippen molar-refractivity contribution in [1.29, 1.82) is 0 Å². The summed E-state index contributed by atoms with van der Waals surface area (Å²) in [4.78, 5) is 25.6. The Labute approximate surface area is 173 Å². The summed E-state index contributed by atoms with van der Waals surface area (Å²) in [7, 11) is 0. The molecule has 0 radical (unpaired) electrons. The monoisotopic (exact) mass is 400 g/mol. The molecule has 0 amide bonds. The zero-order valence-corrected chi connectivity index (χ0v) is 18.4. The molecule has 29 heavy (non-hydrogen) atoms. The second kappa shape index (κ2) is 8.21. The molecule has 5 heteroatoms. The zero-order valence-electron chi connectivity index (χ0n) is 18.4. The second-order valence-electron chi connectivity index (χ2n) is 8.84. The molecule has 0 bridgehead atoms. The van der Waals surface area contributed by atoms with Crippen molar-refractivity contribution in [3.63, 3.8) is 0 Å². The lowest BCUT2D eigenvalue weighted by Crippen LogP contribution is -2.36. The van der Waals surface area contributed by atoms with E-state index in [1.54, 1.807) is 0 Å². The Hall–Kier alpha value is -2.30. The number of benzene rings is 1. The molecule has 0 unspecified atom stereocenters. The first-order chi connectivity index (χ1) is 13.7. The van der Waals surface area contributed by atoms with Crippen LogP contribution in [0.5, 0.6) is 0 Å². The van der Waals surface area contributed by atoms with Gasteiger partial charge in [-0.2, -0.15) is 0 Å². The van der Waals surface area contributed by atoms with Gasteiger partial charge in [0.1, 0.15) is 5.57 Å². The van der Waals surface area contributed by atoms with Crippen molar-refractivity contribution in [2.24, 2.45) is 5.92 Å². The fourth-order valence-corrected chi connectivity index (χ4v) is 4.35. The molecule has 1 aliphatic carbocycles. The molecule has 1 aromatic rings. The van der Waals surface area contributed by atoms with Crippen LogP contribution in [0.25, 0.3) is 5.57 Å². The Morgan fingerprint density at radius 1 is 1.07 bits per heavy atom. The minimum atomic E-state index is -0.863. The predicted molar refractivity (Wildman–Crippen MR) is 111 cm³/mol. The van der Waals surface area contributed by atoms with Crippen molar-refractivity contribution in [2.75, 3.05) is 6.61 Å². The number of esters is 1. The van der Waals surface area contributed by atoms with E-state index in [4.69, 9.17) is 14.2 Å². The molecule has 158 valence electrons. The summed E-state index contributed by atoms with van der Waals surface area (Å²) in [5, 5.41) is 0. The molecular weight excluding hydrogens is 368 g/mol. The van der Waals surface area contributed by atoms with E-state index in [1.807, 2.05) is 41.5 Å². The van der Waals surface area contributed by atoms with Crippen LogP contribution in [0.3, 0.4) is 0 Å². The SMILES string of the molecule is Cc1cc(C)c(C)c(C2=C(OC(=O)OCC(C)C)C3(CCCCC3)OC2=O)c1C. The molecule has 5 nitrogen and oxygen atoms in total. The van der Waals surface area contributed by atoms with Crippen LogP contribution in [0.4, 0.5) is 4.79 Å². The van der Waals surface area contributed by atoms with Gasteiger partial charge in [-0.3, -0.25) is 0 Å². The number of ether oxygens (including phenoxy) is 3. The number of carbonyl (C=O) groups is 2. The topological polar surface area (TPSA) is 61.8 Å². The Balaban J connectivity index is 2.14. The molecule has 0 aromatic heterocycles. The summed E-state index contributed by atoms with van der Waals surface area (Å²) >= 11 is 0. The van der Waals surface area contributed by atoms with E-state index < -0.39 is 17.7 Å². The molecule has 0 saturated heterocycles. The standard InChI is InChI=1S/C24H32O5/c1-14(2)13-27-23(26)28-21-20(19-17(5)15(3)12-16(4)18(19)6)22(25)29-24(21)10-8-7-9-11-24/h12,14H,7-11,13H2,1-6H3. The maximum Gasteiger partial charge on any atom is 0.513 e. The molecule has 1 aliphatic heterocycles. The van der Waals surface area contributed by atoms with Crippen LogP contribution in [0.1, 0.15) is 73.8 Å². The lowest BCUT2D eigenvalue weighted by Gasteiger charge is -2.33. The van der Waals surface area contributed by atoms with Gasteiger partial charge in [-0.25, -0.2) is 9.59 Å². The van der Waals surface area contributed by atoms with Gasteiger partial charge in [0.05, 0.1) is 6.61 Å². The van der Waals surface area contributed by atoms with Gasteiger partial charge in [-0.15, -0.1) is 0 Å². The third kappa shape index (κ3) is 4.05. The van der Waals surface area contributed by atoms with Crippen LogP contribution >= 0.6 is 0 Å². The Morgan fingerprint density at radius 3 is 2.21 bits per heavy atom. The van der Waals surface area contributed by atoms with Crippen molar-refractivity contribution in [2.45, 2.75) is 79.2 Å². The minimum absolute atomic E-state index is 0.199. The number of aryl methyl sites for hydroxylation is 2. The van der Waals surface area contributed by atoms with E-state index in [9.17, 15) is 9.59 Å². The number of hydrogen-bond donors (Lipinski definition) is 0. The van der Waals surface area contributed by atoms with Crippen molar-refractivity contribution >= 4 is 17.7 Å². The highest BCUT2D eigenvalue weighted by Crippen LogP contribution is 2.48. The van der Waals surface area contributed by atoms with Gasteiger partial charge in [0, 0.05) is 0 Å². The molecule has 1 saturated carbocycles. The van der Waals surface area contributed by atoms with Gasteiger partial charge in [-0.05, 0) is 87.1 Å². The molecule has 3 rings (SSSR count). The van der Waals surface area contributed by atoms with Crippen molar-refractivity contribution in [3.05, 3.63) is 39.6 Å². The lowest BCUT2D eigenvalue weighted by molar-refractivity contribution is -0.149. The summed E-state index contributed by atoms with van der Waals surface area (Å²) in [6.07, 6.45) is 3.50. The van der Waals surface area contributed by atoms with Gasteiger partial charge < -0.3 is 14.2 Å². The fourth-order valence-electron chi connectivity index (χ4n) is 4.35. The minimum Gasteiger partial charge on any atom is -0.447 e. The first-order valence-corrected chi connectivity index (χ1v) is 10.6. The molecule has 2 aliphatic rings. The third-order valence-corrected chi connectivity index (χ3v) is 6.13. The first kappa shape index (κ1) is 21.4. The highest BCUT2D eigenvalue weighted by atomic mass is 16.7. The Morgan fingerprint density at radius 2 is 1.66 bits per heavy atom. The number of hydrogen-bond acceptors (Lipinski definition) is 5. The summed E-state index contributed by atoms with van der Waals surface area (Å²) in [6.45, 7) is 12.2. The van der Waals surface area contributed by atoms with E-state index in [-0.39, 0.29) is 12.5 Å². The van der Waals surface area contributed by atoms with Crippen molar-refractivity contribution in [1.82, 2.24) is 0 Å². The van der Waals surface area contributed by atoms with Gasteiger partial charge in [0.15, 0.2) is 11.4 Å². The normalized spacial score (nSPS) is 18.4. The summed E-state index contributed by atoms with van der Waals surface area (Å²) in [5.41, 5.74) is 4.54. The summed E-state index contributed by atoms with van der Waals surface area (Å²) in [6, 6.07) is 2.11. The zero-order chi connectivity index (χ0) is 21.3. The molecule has 0 N–H and O–H groups in total. The lowest BCUT2D eigenvalue weighted by atomic mass is 9.81. The predicted octanol–water partition coefficient (Wildman–Crippen LogP) is 5.70.